The van der Waals surface area contributed by atoms with Gasteiger partial charge in [0.05, 0.1) is 22.8 Å². The molecule has 2 N–H and O–H groups in total. The van der Waals surface area contributed by atoms with Crippen molar-refractivity contribution < 1.29 is 27.5 Å². The molecule has 0 fully saturated rings. The fourth-order valence-electron chi connectivity index (χ4n) is 2.06. The first-order valence-corrected chi connectivity index (χ1v) is 10.5. The Balaban J connectivity index is 1.88. The summed E-state index contributed by atoms with van der Waals surface area (Å²) >= 11 is 1.45. The highest BCUT2D eigenvalue weighted by Gasteiger charge is 2.22. The SMILES string of the molecule is CCS(=O)(=O)c1ccccc1C(=O)OCC(=O)NC(=O)NCc1cccs1. The molecule has 0 atom stereocenters. The fourth-order valence-corrected chi connectivity index (χ4v) is 3.79. The predicted octanol–water partition coefficient (Wildman–Crippen LogP) is 1.72. The summed E-state index contributed by atoms with van der Waals surface area (Å²) in [5.74, 6) is -1.97. The highest BCUT2D eigenvalue weighted by Crippen LogP contribution is 2.18. The Kier molecular flexibility index (Phi) is 7.08. The number of urea groups is 1. The molecule has 0 radical (unpaired) electrons. The maximum absolute atomic E-state index is 12.1. The third kappa shape index (κ3) is 5.90. The Bertz CT molecular complexity index is 923. The molecule has 1 aromatic heterocycles. The first-order valence-electron chi connectivity index (χ1n) is 7.92. The highest BCUT2D eigenvalue weighted by atomic mass is 32.2. The molecular weight excluding hydrogens is 392 g/mol. The number of rotatable bonds is 7. The van der Waals surface area contributed by atoms with Gasteiger partial charge in [0.25, 0.3) is 5.91 Å². The Hall–Kier alpha value is -2.72. The van der Waals surface area contributed by atoms with Gasteiger partial charge in [0, 0.05) is 4.88 Å². The molecule has 2 aromatic rings. The minimum Gasteiger partial charge on any atom is -0.452 e. The van der Waals surface area contributed by atoms with Crippen molar-refractivity contribution in [2.75, 3.05) is 12.4 Å². The fraction of sp³-hybridized carbons (Fsp3) is 0.235. The van der Waals surface area contributed by atoms with Crippen LogP contribution in [-0.2, 0) is 25.9 Å². The van der Waals surface area contributed by atoms with Gasteiger partial charge in [-0.2, -0.15) is 0 Å². The molecule has 0 aliphatic rings. The van der Waals surface area contributed by atoms with Crippen molar-refractivity contribution in [3.8, 4) is 0 Å². The molecule has 3 amide bonds. The van der Waals surface area contributed by atoms with E-state index < -0.39 is 34.4 Å². The molecule has 1 heterocycles. The van der Waals surface area contributed by atoms with Crippen molar-refractivity contribution in [2.24, 2.45) is 0 Å². The molecule has 0 bridgehead atoms. The second kappa shape index (κ2) is 9.28. The minimum absolute atomic E-state index is 0.158. The van der Waals surface area contributed by atoms with Crippen molar-refractivity contribution in [3.63, 3.8) is 0 Å². The van der Waals surface area contributed by atoms with Crippen LogP contribution < -0.4 is 10.6 Å². The van der Waals surface area contributed by atoms with Crippen molar-refractivity contribution in [1.82, 2.24) is 10.6 Å². The summed E-state index contributed by atoms with van der Waals surface area (Å²) in [7, 11) is -3.62. The van der Waals surface area contributed by atoms with E-state index >= 15 is 0 Å². The molecular formula is C17H18N2O6S2. The number of carbonyl (C=O) groups excluding carboxylic acids is 3. The molecule has 1 aromatic carbocycles. The molecule has 8 nitrogen and oxygen atoms in total. The standard InChI is InChI=1S/C17H18N2O6S2/c1-2-27(23,24)14-8-4-3-7-13(14)16(21)25-11-15(20)19-17(22)18-10-12-6-5-9-26-12/h3-9H,2,10-11H2,1H3,(H2,18,19,20,22). The zero-order valence-electron chi connectivity index (χ0n) is 14.4. The Morgan fingerprint density at radius 1 is 1.11 bits per heavy atom. The molecule has 0 spiro atoms. The summed E-state index contributed by atoms with van der Waals surface area (Å²) in [6.45, 7) is 1.00. The van der Waals surface area contributed by atoms with Gasteiger partial charge in [-0.15, -0.1) is 11.3 Å². The van der Waals surface area contributed by atoms with Gasteiger partial charge >= 0.3 is 12.0 Å². The van der Waals surface area contributed by atoms with Crippen LogP contribution in [0.3, 0.4) is 0 Å². The normalized spacial score (nSPS) is 10.9. The maximum Gasteiger partial charge on any atom is 0.339 e. The monoisotopic (exact) mass is 410 g/mol. The molecule has 10 heteroatoms. The number of esters is 1. The van der Waals surface area contributed by atoms with Gasteiger partial charge in [0.15, 0.2) is 16.4 Å². The summed E-state index contributed by atoms with van der Waals surface area (Å²) in [5.41, 5.74) is -0.158. The maximum atomic E-state index is 12.1. The van der Waals surface area contributed by atoms with Crippen LogP contribution in [-0.4, -0.2) is 38.7 Å². The summed E-state index contributed by atoms with van der Waals surface area (Å²) in [4.78, 5) is 36.2. The number of imide groups is 1. The van der Waals surface area contributed by atoms with Gasteiger partial charge in [-0.25, -0.2) is 18.0 Å². The van der Waals surface area contributed by atoms with Crippen LogP contribution in [0.1, 0.15) is 22.2 Å². The molecule has 2 rings (SSSR count). The van der Waals surface area contributed by atoms with E-state index in [1.54, 1.807) is 0 Å². The third-order valence-electron chi connectivity index (χ3n) is 3.41. The lowest BCUT2D eigenvalue weighted by Crippen LogP contribution is -2.41. The van der Waals surface area contributed by atoms with Crippen molar-refractivity contribution in [2.45, 2.75) is 18.4 Å². The topological polar surface area (TPSA) is 119 Å². The van der Waals surface area contributed by atoms with Gasteiger partial charge in [0.2, 0.25) is 0 Å². The Morgan fingerprint density at radius 2 is 1.85 bits per heavy atom. The second-order valence-corrected chi connectivity index (χ2v) is 8.56. The van der Waals surface area contributed by atoms with E-state index in [4.69, 9.17) is 4.74 Å². The summed E-state index contributed by atoms with van der Waals surface area (Å²) < 4.78 is 28.9. The quantitative estimate of drug-likeness (QED) is 0.671. The molecule has 144 valence electrons. The lowest BCUT2D eigenvalue weighted by atomic mass is 10.2. The third-order valence-corrected chi connectivity index (χ3v) is 6.08. The van der Waals surface area contributed by atoms with E-state index in [0.29, 0.717) is 0 Å². The van der Waals surface area contributed by atoms with E-state index in [1.165, 1.54) is 42.5 Å². The molecule has 27 heavy (non-hydrogen) atoms. The first kappa shape index (κ1) is 20.6. The van der Waals surface area contributed by atoms with E-state index in [0.717, 1.165) is 4.88 Å². The number of sulfone groups is 1. The second-order valence-electron chi connectivity index (χ2n) is 5.29. The zero-order valence-corrected chi connectivity index (χ0v) is 16.1. The van der Waals surface area contributed by atoms with Gasteiger partial charge in [-0.1, -0.05) is 25.1 Å². The molecule has 0 aliphatic heterocycles. The number of hydrogen-bond acceptors (Lipinski definition) is 7. The van der Waals surface area contributed by atoms with E-state index in [2.05, 4.69) is 5.32 Å². The molecule has 0 unspecified atom stereocenters. The van der Waals surface area contributed by atoms with Gasteiger partial charge < -0.3 is 10.1 Å². The Labute approximate surface area is 160 Å². The van der Waals surface area contributed by atoms with Crippen molar-refractivity contribution in [3.05, 3.63) is 52.2 Å². The highest BCUT2D eigenvalue weighted by molar-refractivity contribution is 7.91. The summed E-state index contributed by atoms with van der Waals surface area (Å²) in [5, 5.41) is 6.37. The van der Waals surface area contributed by atoms with Crippen molar-refractivity contribution >= 4 is 39.1 Å². The van der Waals surface area contributed by atoms with Crippen LogP contribution in [0.4, 0.5) is 4.79 Å². The molecule has 0 saturated carbocycles. The van der Waals surface area contributed by atoms with E-state index in [1.807, 2.05) is 22.8 Å². The lowest BCUT2D eigenvalue weighted by molar-refractivity contribution is -0.123. The summed E-state index contributed by atoms with van der Waals surface area (Å²) in [6.07, 6.45) is 0. The van der Waals surface area contributed by atoms with Crippen LogP contribution in [0, 0.1) is 0 Å². The number of amides is 3. The average molecular weight is 410 g/mol. The molecule has 0 saturated heterocycles. The van der Waals surface area contributed by atoms with Crippen LogP contribution in [0.2, 0.25) is 0 Å². The summed E-state index contributed by atoms with van der Waals surface area (Å²) in [6, 6.07) is 8.52. The van der Waals surface area contributed by atoms with Crippen LogP contribution in [0.5, 0.6) is 0 Å². The number of carbonyl (C=O) groups is 3. The minimum atomic E-state index is -3.62. The number of ether oxygens (including phenoxy) is 1. The molecule has 0 aliphatic carbocycles. The van der Waals surface area contributed by atoms with E-state index in [9.17, 15) is 22.8 Å². The predicted molar refractivity (Wildman–Crippen MR) is 99.1 cm³/mol. The zero-order chi connectivity index (χ0) is 19.9. The van der Waals surface area contributed by atoms with Crippen LogP contribution in [0.15, 0.2) is 46.7 Å². The van der Waals surface area contributed by atoms with Crippen LogP contribution >= 0.6 is 11.3 Å². The largest absolute Gasteiger partial charge is 0.452 e. The van der Waals surface area contributed by atoms with Gasteiger partial charge in [0.1, 0.15) is 0 Å². The van der Waals surface area contributed by atoms with Gasteiger partial charge in [-0.05, 0) is 23.6 Å². The lowest BCUT2D eigenvalue weighted by Gasteiger charge is -2.09. The Morgan fingerprint density at radius 3 is 2.52 bits per heavy atom. The number of thiophene rings is 1. The van der Waals surface area contributed by atoms with Gasteiger partial charge in [-0.3, -0.25) is 10.1 Å². The van der Waals surface area contributed by atoms with E-state index in [-0.39, 0.29) is 22.8 Å². The number of nitrogens with one attached hydrogen (secondary N) is 2. The average Bonchev–Trinajstić information content (AvgIpc) is 3.18. The smallest absolute Gasteiger partial charge is 0.339 e. The number of benzene rings is 1. The first-order chi connectivity index (χ1) is 12.8. The van der Waals surface area contributed by atoms with Crippen molar-refractivity contribution in [1.29, 1.82) is 0 Å². The van der Waals surface area contributed by atoms with Crippen LogP contribution in [0.25, 0.3) is 0 Å². The number of hydrogen-bond donors (Lipinski definition) is 2.